The minimum absolute atomic E-state index is 0.189. The van der Waals surface area contributed by atoms with Gasteiger partial charge in [-0.1, -0.05) is 35.3 Å². The van der Waals surface area contributed by atoms with Gasteiger partial charge in [-0.05, 0) is 54.9 Å². The summed E-state index contributed by atoms with van der Waals surface area (Å²) in [5, 5.41) is 0.813. The number of anilines is 1. The second-order valence-electron chi connectivity index (χ2n) is 5.71. The lowest BCUT2D eigenvalue weighted by Gasteiger charge is -2.15. The highest BCUT2D eigenvalue weighted by Crippen LogP contribution is 2.31. The first-order chi connectivity index (χ1) is 12.3. The fourth-order valence-corrected chi connectivity index (χ4v) is 3.94. The van der Waals surface area contributed by atoms with Gasteiger partial charge in [0.05, 0.1) is 14.9 Å². The van der Waals surface area contributed by atoms with Crippen LogP contribution in [-0.2, 0) is 21.2 Å². The van der Waals surface area contributed by atoms with Crippen molar-refractivity contribution in [2.45, 2.75) is 11.3 Å². The van der Waals surface area contributed by atoms with E-state index in [4.69, 9.17) is 23.2 Å². The summed E-state index contributed by atoms with van der Waals surface area (Å²) in [6, 6.07) is 9.96. The lowest BCUT2D eigenvalue weighted by atomic mass is 10.2. The highest BCUT2D eigenvalue weighted by Gasteiger charge is 2.25. The summed E-state index contributed by atoms with van der Waals surface area (Å²) in [7, 11) is -2.14. The molecule has 0 unspecified atom stereocenters. The number of halogens is 2. The Kier molecular flexibility index (Phi) is 5.39. The molecule has 0 atom stereocenters. The van der Waals surface area contributed by atoms with Gasteiger partial charge in [-0.25, -0.2) is 13.1 Å². The molecule has 26 heavy (non-hydrogen) atoms. The molecule has 0 saturated carbocycles. The Morgan fingerprint density at radius 2 is 2.00 bits per heavy atom. The number of amides is 1. The molecule has 0 bridgehead atoms. The smallest absolute Gasteiger partial charge is 0.251 e. The maximum absolute atomic E-state index is 12.5. The number of sulfonamides is 1. The molecule has 0 aliphatic carbocycles. The van der Waals surface area contributed by atoms with Crippen LogP contribution in [0.3, 0.4) is 0 Å². The molecule has 5 nitrogen and oxygen atoms in total. The third-order valence-electron chi connectivity index (χ3n) is 4.18. The molecule has 3 rings (SSSR count). The zero-order valence-corrected chi connectivity index (χ0v) is 16.2. The monoisotopic (exact) mass is 410 g/mol. The first kappa shape index (κ1) is 18.9. The van der Waals surface area contributed by atoms with E-state index in [1.54, 1.807) is 41.3 Å². The number of nitrogens with one attached hydrogen (secondary N) is 1. The van der Waals surface area contributed by atoms with Gasteiger partial charge in [-0.15, -0.1) is 0 Å². The number of fused-ring (bicyclic) bond motifs is 1. The van der Waals surface area contributed by atoms with Crippen LogP contribution in [0.5, 0.6) is 0 Å². The number of carbonyl (C=O) groups is 1. The number of benzene rings is 2. The van der Waals surface area contributed by atoms with Crippen molar-refractivity contribution >= 4 is 50.9 Å². The second-order valence-corrected chi connectivity index (χ2v) is 8.39. The standard InChI is InChI=1S/C18H16Cl2N2O3S/c1-21-26(24,25)14-6-7-16-13(11-14)9-10-22(16)17(23)8-5-12-3-2-4-15(19)18(12)20/h2-8,11,21H,9-10H2,1H3/b8-5+. The number of hydrogen-bond acceptors (Lipinski definition) is 3. The molecule has 0 fully saturated rings. The minimum Gasteiger partial charge on any atom is -0.308 e. The van der Waals surface area contributed by atoms with Crippen molar-refractivity contribution in [3.8, 4) is 0 Å². The molecular formula is C18H16Cl2N2O3S. The van der Waals surface area contributed by atoms with Gasteiger partial charge in [0.2, 0.25) is 10.0 Å². The molecule has 2 aromatic carbocycles. The largest absolute Gasteiger partial charge is 0.308 e. The van der Waals surface area contributed by atoms with Gasteiger partial charge in [0.15, 0.2) is 0 Å². The molecule has 1 aliphatic rings. The molecule has 1 amide bonds. The third kappa shape index (κ3) is 3.64. The Morgan fingerprint density at radius 3 is 2.73 bits per heavy atom. The Hall–Kier alpha value is -1.86. The minimum atomic E-state index is -3.51. The molecule has 0 radical (unpaired) electrons. The summed E-state index contributed by atoms with van der Waals surface area (Å²) in [5.74, 6) is -0.205. The van der Waals surface area contributed by atoms with Crippen LogP contribution in [0.2, 0.25) is 10.0 Å². The summed E-state index contributed by atoms with van der Waals surface area (Å²) in [5.41, 5.74) is 2.19. The molecule has 136 valence electrons. The highest BCUT2D eigenvalue weighted by molar-refractivity contribution is 7.89. The fraction of sp³-hybridized carbons (Fsp3) is 0.167. The summed E-state index contributed by atoms with van der Waals surface area (Å²) < 4.78 is 26.1. The molecule has 1 N–H and O–H groups in total. The quantitative estimate of drug-likeness (QED) is 0.784. The van der Waals surface area contributed by atoms with Crippen molar-refractivity contribution in [3.63, 3.8) is 0 Å². The summed E-state index contributed by atoms with van der Waals surface area (Å²) in [6.07, 6.45) is 3.65. The average Bonchev–Trinajstić information content (AvgIpc) is 3.06. The molecule has 2 aromatic rings. The SMILES string of the molecule is CNS(=O)(=O)c1ccc2c(c1)CCN2C(=O)/C=C/c1cccc(Cl)c1Cl. The van der Waals surface area contributed by atoms with Crippen LogP contribution in [0.1, 0.15) is 11.1 Å². The van der Waals surface area contributed by atoms with Crippen molar-refractivity contribution in [1.82, 2.24) is 4.72 Å². The van der Waals surface area contributed by atoms with Crippen LogP contribution in [0.25, 0.3) is 6.08 Å². The van der Waals surface area contributed by atoms with E-state index < -0.39 is 10.0 Å². The van der Waals surface area contributed by atoms with Gasteiger partial charge in [0.1, 0.15) is 0 Å². The van der Waals surface area contributed by atoms with E-state index in [-0.39, 0.29) is 10.8 Å². The van der Waals surface area contributed by atoms with Crippen LogP contribution in [-0.4, -0.2) is 27.9 Å². The molecule has 0 aromatic heterocycles. The van der Waals surface area contributed by atoms with Gasteiger partial charge >= 0.3 is 0 Å². The normalized spacial score (nSPS) is 14.0. The van der Waals surface area contributed by atoms with Gasteiger partial charge in [0, 0.05) is 18.3 Å². The number of hydrogen-bond donors (Lipinski definition) is 1. The Bertz CT molecular complexity index is 1000. The van der Waals surface area contributed by atoms with Crippen LogP contribution < -0.4 is 9.62 Å². The van der Waals surface area contributed by atoms with Crippen LogP contribution >= 0.6 is 23.2 Å². The Labute approximate surface area is 162 Å². The van der Waals surface area contributed by atoms with Gasteiger partial charge < -0.3 is 4.90 Å². The Morgan fingerprint density at radius 1 is 1.23 bits per heavy atom. The zero-order valence-electron chi connectivity index (χ0n) is 13.9. The molecule has 8 heteroatoms. The second kappa shape index (κ2) is 7.40. The molecule has 1 heterocycles. The lowest BCUT2D eigenvalue weighted by Crippen LogP contribution is -2.26. The van der Waals surface area contributed by atoms with E-state index in [0.29, 0.717) is 34.3 Å². The predicted octanol–water partition coefficient (Wildman–Crippen LogP) is 3.50. The van der Waals surface area contributed by atoms with Gasteiger partial charge in [-0.2, -0.15) is 0 Å². The maximum Gasteiger partial charge on any atom is 0.251 e. The molecule has 0 spiro atoms. The van der Waals surface area contributed by atoms with Crippen molar-refractivity contribution < 1.29 is 13.2 Å². The topological polar surface area (TPSA) is 66.5 Å². The van der Waals surface area contributed by atoms with Crippen molar-refractivity contribution in [1.29, 1.82) is 0 Å². The van der Waals surface area contributed by atoms with E-state index in [9.17, 15) is 13.2 Å². The van der Waals surface area contributed by atoms with E-state index in [1.165, 1.54) is 19.2 Å². The average molecular weight is 411 g/mol. The van der Waals surface area contributed by atoms with Crippen LogP contribution in [0.4, 0.5) is 5.69 Å². The van der Waals surface area contributed by atoms with Crippen molar-refractivity contribution in [2.75, 3.05) is 18.5 Å². The first-order valence-electron chi connectivity index (χ1n) is 7.83. The molecule has 1 aliphatic heterocycles. The number of carbonyl (C=O) groups excluding carboxylic acids is 1. The summed E-state index contributed by atoms with van der Waals surface area (Å²) >= 11 is 12.1. The fourth-order valence-electron chi connectivity index (χ4n) is 2.79. The third-order valence-corrected chi connectivity index (χ3v) is 6.42. The van der Waals surface area contributed by atoms with Gasteiger partial charge in [-0.3, -0.25) is 4.79 Å². The van der Waals surface area contributed by atoms with Gasteiger partial charge in [0.25, 0.3) is 5.91 Å². The summed E-state index contributed by atoms with van der Waals surface area (Å²) in [6.45, 7) is 0.491. The first-order valence-corrected chi connectivity index (χ1v) is 10.1. The van der Waals surface area contributed by atoms with Crippen LogP contribution in [0, 0.1) is 0 Å². The van der Waals surface area contributed by atoms with Crippen molar-refractivity contribution in [3.05, 3.63) is 63.6 Å². The van der Waals surface area contributed by atoms with Crippen molar-refractivity contribution in [2.24, 2.45) is 0 Å². The van der Waals surface area contributed by atoms with E-state index in [1.807, 2.05) is 0 Å². The predicted molar refractivity (Wildman–Crippen MR) is 104 cm³/mol. The molecule has 0 saturated heterocycles. The summed E-state index contributed by atoms with van der Waals surface area (Å²) in [4.78, 5) is 14.3. The van der Waals surface area contributed by atoms with E-state index in [0.717, 1.165) is 5.56 Å². The molecular weight excluding hydrogens is 395 g/mol. The van der Waals surface area contributed by atoms with E-state index in [2.05, 4.69) is 4.72 Å². The Balaban J connectivity index is 1.84. The maximum atomic E-state index is 12.5. The van der Waals surface area contributed by atoms with Crippen LogP contribution in [0.15, 0.2) is 47.4 Å². The zero-order chi connectivity index (χ0) is 18.9. The lowest BCUT2D eigenvalue weighted by molar-refractivity contribution is -0.114. The number of nitrogens with zero attached hydrogens (tertiary/aromatic N) is 1. The number of rotatable bonds is 4. The van der Waals surface area contributed by atoms with E-state index >= 15 is 0 Å². The highest BCUT2D eigenvalue weighted by atomic mass is 35.5.